The lowest BCUT2D eigenvalue weighted by Gasteiger charge is -2.07. The molecule has 2 heterocycles. The zero-order valence-electron chi connectivity index (χ0n) is 13.5. The fraction of sp³-hybridized carbons (Fsp3) is 0.100. The topological polar surface area (TPSA) is 50.6 Å². The van der Waals surface area contributed by atoms with Gasteiger partial charge < -0.3 is 9.72 Å². The highest BCUT2D eigenvalue weighted by atomic mass is 16.2. The van der Waals surface area contributed by atoms with Crippen LogP contribution in [0.4, 0.5) is 0 Å². The van der Waals surface area contributed by atoms with Gasteiger partial charge in [0.15, 0.2) is 0 Å². The van der Waals surface area contributed by atoms with Gasteiger partial charge in [0.1, 0.15) is 5.69 Å². The molecule has 0 aliphatic heterocycles. The number of ketones is 1. The number of carbonyl (C=O) groups is 2. The summed E-state index contributed by atoms with van der Waals surface area (Å²) in [7, 11) is 0. The van der Waals surface area contributed by atoms with Gasteiger partial charge in [0.25, 0.3) is 11.7 Å². The summed E-state index contributed by atoms with van der Waals surface area (Å²) >= 11 is 0. The van der Waals surface area contributed by atoms with Crippen LogP contribution in [0.1, 0.15) is 16.1 Å². The first kappa shape index (κ1) is 15.7. The lowest BCUT2D eigenvalue weighted by atomic mass is 10.0. The molecule has 0 bridgehead atoms. The van der Waals surface area contributed by atoms with E-state index in [1.807, 2.05) is 55.5 Å². The van der Waals surface area contributed by atoms with E-state index in [4.69, 9.17) is 0 Å². The third-order valence-corrected chi connectivity index (χ3v) is 3.87. The number of aromatic nitrogens is 1. The lowest BCUT2D eigenvalue weighted by Crippen LogP contribution is -2.32. The van der Waals surface area contributed by atoms with Gasteiger partial charge in [-0.3, -0.25) is 9.59 Å². The standard InChI is InChI=1S/C20H18N2O2/c1-3-11-21-20(24)19(23)18-17(15-9-7-14(2)8-10-15)13-16-6-4-5-12-22(16)18/h3-10,12-13H,1,11H2,2H3,(H,21,24). The van der Waals surface area contributed by atoms with E-state index < -0.39 is 11.7 Å². The van der Waals surface area contributed by atoms with E-state index in [9.17, 15) is 9.59 Å². The predicted molar refractivity (Wildman–Crippen MR) is 95.1 cm³/mol. The largest absolute Gasteiger partial charge is 0.346 e. The fourth-order valence-electron chi connectivity index (χ4n) is 2.66. The summed E-state index contributed by atoms with van der Waals surface area (Å²) in [6, 6.07) is 15.5. The molecular formula is C20H18N2O2. The molecule has 2 aromatic heterocycles. The molecule has 24 heavy (non-hydrogen) atoms. The first-order valence-electron chi connectivity index (χ1n) is 7.72. The second kappa shape index (κ2) is 6.54. The maximum atomic E-state index is 12.7. The summed E-state index contributed by atoms with van der Waals surface area (Å²) in [6.45, 7) is 5.81. The molecule has 4 heteroatoms. The number of pyridine rings is 1. The predicted octanol–water partition coefficient (Wildman–Crippen LogP) is 3.40. The van der Waals surface area contributed by atoms with Crippen molar-refractivity contribution >= 4 is 17.2 Å². The molecular weight excluding hydrogens is 300 g/mol. The summed E-state index contributed by atoms with van der Waals surface area (Å²) in [5, 5.41) is 2.55. The Bertz CT molecular complexity index is 920. The zero-order valence-corrected chi connectivity index (χ0v) is 13.5. The number of nitrogens with zero attached hydrogens (tertiary/aromatic N) is 1. The van der Waals surface area contributed by atoms with Gasteiger partial charge in [0.05, 0.1) is 0 Å². The molecule has 1 aromatic carbocycles. The van der Waals surface area contributed by atoms with E-state index in [0.717, 1.165) is 22.2 Å². The van der Waals surface area contributed by atoms with Crippen LogP contribution in [0.5, 0.6) is 0 Å². The minimum absolute atomic E-state index is 0.258. The van der Waals surface area contributed by atoms with Gasteiger partial charge >= 0.3 is 0 Å². The van der Waals surface area contributed by atoms with Crippen LogP contribution in [0.2, 0.25) is 0 Å². The molecule has 1 N–H and O–H groups in total. The molecule has 120 valence electrons. The summed E-state index contributed by atoms with van der Waals surface area (Å²) in [5.41, 5.74) is 4.03. The second-order valence-electron chi connectivity index (χ2n) is 5.60. The van der Waals surface area contributed by atoms with E-state index in [-0.39, 0.29) is 6.54 Å². The fourth-order valence-corrected chi connectivity index (χ4v) is 2.66. The highest BCUT2D eigenvalue weighted by molar-refractivity contribution is 6.43. The van der Waals surface area contributed by atoms with Crippen LogP contribution >= 0.6 is 0 Å². The van der Waals surface area contributed by atoms with Crippen molar-refractivity contribution in [2.24, 2.45) is 0 Å². The number of Topliss-reactive ketones (excluding diaryl/α,β-unsaturated/α-hetero) is 1. The summed E-state index contributed by atoms with van der Waals surface area (Å²) in [6.07, 6.45) is 3.34. The van der Waals surface area contributed by atoms with Gasteiger partial charge in [-0.1, -0.05) is 42.0 Å². The first-order valence-corrected chi connectivity index (χ1v) is 7.72. The summed E-state index contributed by atoms with van der Waals surface area (Å²) in [4.78, 5) is 24.9. The van der Waals surface area contributed by atoms with Crippen LogP contribution in [0.15, 0.2) is 67.4 Å². The van der Waals surface area contributed by atoms with Crippen LogP contribution in [0, 0.1) is 6.92 Å². The number of benzene rings is 1. The summed E-state index contributed by atoms with van der Waals surface area (Å²) in [5.74, 6) is -1.19. The molecule has 3 rings (SSSR count). The van der Waals surface area contributed by atoms with E-state index >= 15 is 0 Å². The van der Waals surface area contributed by atoms with Crippen molar-refractivity contribution in [3.63, 3.8) is 0 Å². The number of carbonyl (C=O) groups excluding carboxylic acids is 2. The Labute approximate surface area is 140 Å². The molecule has 0 aliphatic rings. The molecule has 0 saturated carbocycles. The third kappa shape index (κ3) is 2.86. The number of nitrogens with one attached hydrogen (secondary N) is 1. The molecule has 1 amide bonds. The molecule has 0 saturated heterocycles. The lowest BCUT2D eigenvalue weighted by molar-refractivity contribution is -0.116. The second-order valence-corrected chi connectivity index (χ2v) is 5.60. The van der Waals surface area contributed by atoms with Gasteiger partial charge in [-0.25, -0.2) is 0 Å². The number of hydrogen-bond acceptors (Lipinski definition) is 2. The molecule has 0 radical (unpaired) electrons. The smallest absolute Gasteiger partial charge is 0.294 e. The molecule has 0 spiro atoms. The third-order valence-electron chi connectivity index (χ3n) is 3.87. The van der Waals surface area contributed by atoms with Crippen LogP contribution in [-0.4, -0.2) is 22.6 Å². The zero-order chi connectivity index (χ0) is 17.1. The van der Waals surface area contributed by atoms with E-state index in [0.29, 0.717) is 5.69 Å². The van der Waals surface area contributed by atoms with Crippen LogP contribution in [0.25, 0.3) is 16.6 Å². The molecule has 0 fully saturated rings. The quantitative estimate of drug-likeness (QED) is 0.445. The number of amides is 1. The van der Waals surface area contributed by atoms with Crippen LogP contribution in [-0.2, 0) is 4.79 Å². The van der Waals surface area contributed by atoms with Gasteiger partial charge in [0, 0.05) is 23.8 Å². The average Bonchev–Trinajstić information content (AvgIpc) is 2.99. The van der Waals surface area contributed by atoms with Gasteiger partial charge in [-0.05, 0) is 30.7 Å². The Morgan fingerprint density at radius 1 is 1.17 bits per heavy atom. The highest BCUT2D eigenvalue weighted by Gasteiger charge is 2.24. The molecule has 3 aromatic rings. The number of hydrogen-bond donors (Lipinski definition) is 1. The van der Waals surface area contributed by atoms with E-state index in [1.165, 1.54) is 0 Å². The minimum Gasteiger partial charge on any atom is -0.346 e. The normalized spacial score (nSPS) is 10.5. The highest BCUT2D eigenvalue weighted by Crippen LogP contribution is 2.28. The molecule has 0 unspecified atom stereocenters. The van der Waals surface area contributed by atoms with Crippen molar-refractivity contribution in [2.75, 3.05) is 6.54 Å². The Balaban J connectivity index is 2.15. The van der Waals surface area contributed by atoms with Crippen molar-refractivity contribution in [1.29, 1.82) is 0 Å². The van der Waals surface area contributed by atoms with Crippen molar-refractivity contribution in [1.82, 2.24) is 9.72 Å². The van der Waals surface area contributed by atoms with E-state index in [1.54, 1.807) is 16.7 Å². The average molecular weight is 318 g/mol. The van der Waals surface area contributed by atoms with Gasteiger partial charge in [-0.15, -0.1) is 6.58 Å². The maximum Gasteiger partial charge on any atom is 0.294 e. The Morgan fingerprint density at radius 2 is 1.92 bits per heavy atom. The van der Waals surface area contributed by atoms with Crippen LogP contribution < -0.4 is 5.32 Å². The summed E-state index contributed by atoms with van der Waals surface area (Å²) < 4.78 is 1.75. The van der Waals surface area contributed by atoms with Crippen molar-refractivity contribution in [3.05, 3.63) is 78.6 Å². The van der Waals surface area contributed by atoms with Crippen molar-refractivity contribution in [2.45, 2.75) is 6.92 Å². The van der Waals surface area contributed by atoms with Crippen LogP contribution in [0.3, 0.4) is 0 Å². The van der Waals surface area contributed by atoms with E-state index in [2.05, 4.69) is 11.9 Å². The van der Waals surface area contributed by atoms with Gasteiger partial charge in [0.2, 0.25) is 0 Å². The number of rotatable bonds is 5. The molecule has 4 nitrogen and oxygen atoms in total. The monoisotopic (exact) mass is 318 g/mol. The minimum atomic E-state index is -0.632. The SMILES string of the molecule is C=CCNC(=O)C(=O)c1c(-c2ccc(C)cc2)cc2ccccn12. The van der Waals surface area contributed by atoms with Crippen molar-refractivity contribution in [3.8, 4) is 11.1 Å². The molecule has 0 aliphatic carbocycles. The maximum absolute atomic E-state index is 12.7. The number of aryl methyl sites for hydroxylation is 1. The van der Waals surface area contributed by atoms with Crippen molar-refractivity contribution < 1.29 is 9.59 Å². The number of fused-ring (bicyclic) bond motifs is 1. The Kier molecular flexibility index (Phi) is 4.29. The Morgan fingerprint density at radius 3 is 2.62 bits per heavy atom. The molecule has 0 atom stereocenters. The first-order chi connectivity index (χ1) is 11.6. The Hall–Kier alpha value is -3.14. The van der Waals surface area contributed by atoms with Gasteiger partial charge in [-0.2, -0.15) is 0 Å².